The van der Waals surface area contributed by atoms with E-state index in [2.05, 4.69) is 24.4 Å². The molecule has 21 heavy (non-hydrogen) atoms. The first-order chi connectivity index (χ1) is 10.0. The summed E-state index contributed by atoms with van der Waals surface area (Å²) in [6.07, 6.45) is 1.55. The molecule has 0 heterocycles. The second kappa shape index (κ2) is 6.81. The van der Waals surface area contributed by atoms with Gasteiger partial charge in [-0.05, 0) is 50.4 Å². The molecule has 0 spiro atoms. The predicted molar refractivity (Wildman–Crippen MR) is 82.4 cm³/mol. The van der Waals surface area contributed by atoms with Crippen LogP contribution in [-0.4, -0.2) is 7.05 Å². The van der Waals surface area contributed by atoms with Crippen molar-refractivity contribution in [1.29, 1.82) is 0 Å². The number of halogens is 2. The lowest BCUT2D eigenvalue weighted by Gasteiger charge is -2.18. The topological polar surface area (TPSA) is 12.0 Å². The minimum absolute atomic E-state index is 0.195. The van der Waals surface area contributed by atoms with Crippen molar-refractivity contribution in [3.8, 4) is 0 Å². The van der Waals surface area contributed by atoms with Crippen LogP contribution in [0.1, 0.15) is 34.7 Å². The Kier molecular flexibility index (Phi) is 5.07. The molecule has 0 aliphatic carbocycles. The van der Waals surface area contributed by atoms with E-state index in [4.69, 9.17) is 0 Å². The van der Waals surface area contributed by atoms with Gasteiger partial charge in [0.2, 0.25) is 0 Å². The maximum atomic E-state index is 14.1. The molecule has 1 N–H and O–H groups in total. The molecule has 2 aromatic carbocycles. The van der Waals surface area contributed by atoms with Gasteiger partial charge in [-0.25, -0.2) is 8.78 Å². The highest BCUT2D eigenvalue weighted by molar-refractivity contribution is 5.29. The molecule has 0 saturated heterocycles. The van der Waals surface area contributed by atoms with E-state index in [0.29, 0.717) is 11.1 Å². The van der Waals surface area contributed by atoms with E-state index < -0.39 is 11.6 Å². The standard InChI is InChI=1S/C18H21F2N/c1-12-6-4-5-7-14(12)9-11-16(21-3)15-10-8-13(2)17(19)18(15)20/h4-8,10,16,21H,9,11H2,1-3H3. The first kappa shape index (κ1) is 15.6. The minimum atomic E-state index is -0.747. The molecular weight excluding hydrogens is 268 g/mol. The van der Waals surface area contributed by atoms with E-state index in [0.717, 1.165) is 12.8 Å². The fourth-order valence-electron chi connectivity index (χ4n) is 2.58. The van der Waals surface area contributed by atoms with Crippen molar-refractivity contribution >= 4 is 0 Å². The minimum Gasteiger partial charge on any atom is -0.313 e. The second-order valence-electron chi connectivity index (χ2n) is 5.41. The summed E-state index contributed by atoms with van der Waals surface area (Å²) in [5, 5.41) is 3.09. The molecule has 2 rings (SSSR count). The summed E-state index contributed by atoms with van der Waals surface area (Å²) in [6, 6.07) is 11.3. The Morgan fingerprint density at radius 1 is 0.952 bits per heavy atom. The highest BCUT2D eigenvalue weighted by Crippen LogP contribution is 2.25. The number of hydrogen-bond donors (Lipinski definition) is 1. The van der Waals surface area contributed by atoms with Gasteiger partial charge >= 0.3 is 0 Å². The number of benzene rings is 2. The monoisotopic (exact) mass is 289 g/mol. The lowest BCUT2D eigenvalue weighted by Crippen LogP contribution is -2.19. The molecule has 0 amide bonds. The second-order valence-corrected chi connectivity index (χ2v) is 5.41. The van der Waals surface area contributed by atoms with E-state index in [1.54, 1.807) is 26.1 Å². The summed E-state index contributed by atoms with van der Waals surface area (Å²) in [5.41, 5.74) is 3.20. The molecule has 0 aromatic heterocycles. The van der Waals surface area contributed by atoms with Crippen molar-refractivity contribution in [1.82, 2.24) is 5.32 Å². The molecule has 0 bridgehead atoms. The quantitative estimate of drug-likeness (QED) is 0.856. The first-order valence-electron chi connectivity index (χ1n) is 7.21. The molecule has 0 aliphatic rings. The van der Waals surface area contributed by atoms with Crippen molar-refractivity contribution in [3.63, 3.8) is 0 Å². The Morgan fingerprint density at radius 2 is 1.67 bits per heavy atom. The molecule has 3 heteroatoms. The molecule has 1 unspecified atom stereocenters. The average molecular weight is 289 g/mol. The summed E-state index contributed by atoms with van der Waals surface area (Å²) in [4.78, 5) is 0. The van der Waals surface area contributed by atoms with Gasteiger partial charge in [-0.3, -0.25) is 0 Å². The number of nitrogens with one attached hydrogen (secondary N) is 1. The molecule has 0 fully saturated rings. The van der Waals surface area contributed by atoms with Crippen LogP contribution in [0.2, 0.25) is 0 Å². The van der Waals surface area contributed by atoms with Crippen molar-refractivity contribution in [2.24, 2.45) is 0 Å². The highest BCUT2D eigenvalue weighted by atomic mass is 19.2. The molecule has 0 saturated carbocycles. The zero-order chi connectivity index (χ0) is 15.4. The lowest BCUT2D eigenvalue weighted by molar-refractivity contribution is 0.460. The molecular formula is C18H21F2N. The van der Waals surface area contributed by atoms with Gasteiger partial charge in [0.1, 0.15) is 0 Å². The summed E-state index contributed by atoms with van der Waals surface area (Å²) >= 11 is 0. The van der Waals surface area contributed by atoms with Crippen molar-refractivity contribution in [2.45, 2.75) is 32.7 Å². The molecule has 0 aliphatic heterocycles. The van der Waals surface area contributed by atoms with Crippen LogP contribution in [0.3, 0.4) is 0 Å². The van der Waals surface area contributed by atoms with Crippen LogP contribution in [0.25, 0.3) is 0 Å². The Balaban J connectivity index is 2.18. The van der Waals surface area contributed by atoms with Gasteiger partial charge in [0, 0.05) is 11.6 Å². The van der Waals surface area contributed by atoms with Crippen LogP contribution >= 0.6 is 0 Å². The van der Waals surface area contributed by atoms with Gasteiger partial charge in [0.15, 0.2) is 11.6 Å². The summed E-state index contributed by atoms with van der Waals surface area (Å²) in [6.45, 7) is 3.64. The molecule has 2 aromatic rings. The van der Waals surface area contributed by atoms with Crippen LogP contribution in [0.4, 0.5) is 8.78 Å². The maximum absolute atomic E-state index is 14.1. The van der Waals surface area contributed by atoms with Gasteiger partial charge in [-0.2, -0.15) is 0 Å². The Labute approximate surface area is 125 Å². The van der Waals surface area contributed by atoms with Gasteiger partial charge in [0.05, 0.1) is 0 Å². The van der Waals surface area contributed by atoms with Crippen LogP contribution in [0.15, 0.2) is 36.4 Å². The number of hydrogen-bond acceptors (Lipinski definition) is 1. The Bertz CT molecular complexity index is 623. The van der Waals surface area contributed by atoms with E-state index in [9.17, 15) is 8.78 Å². The van der Waals surface area contributed by atoms with Gasteiger partial charge in [-0.1, -0.05) is 36.4 Å². The van der Waals surface area contributed by atoms with Crippen LogP contribution in [0.5, 0.6) is 0 Å². The summed E-state index contributed by atoms with van der Waals surface area (Å²) < 4.78 is 27.8. The number of aryl methyl sites for hydroxylation is 3. The van der Waals surface area contributed by atoms with E-state index in [1.165, 1.54) is 11.1 Å². The normalized spacial score (nSPS) is 12.4. The van der Waals surface area contributed by atoms with Gasteiger partial charge in [0.25, 0.3) is 0 Å². The van der Waals surface area contributed by atoms with Crippen molar-refractivity contribution < 1.29 is 8.78 Å². The van der Waals surface area contributed by atoms with Gasteiger partial charge < -0.3 is 5.32 Å². The van der Waals surface area contributed by atoms with E-state index in [-0.39, 0.29) is 6.04 Å². The van der Waals surface area contributed by atoms with E-state index in [1.807, 2.05) is 12.1 Å². The lowest BCUT2D eigenvalue weighted by atomic mass is 9.96. The zero-order valence-corrected chi connectivity index (χ0v) is 12.7. The molecule has 1 atom stereocenters. The SMILES string of the molecule is CNC(CCc1ccccc1C)c1ccc(C)c(F)c1F. The van der Waals surface area contributed by atoms with Gasteiger partial charge in [-0.15, -0.1) is 0 Å². The van der Waals surface area contributed by atoms with Crippen molar-refractivity contribution in [2.75, 3.05) is 7.05 Å². The maximum Gasteiger partial charge on any atom is 0.163 e. The zero-order valence-electron chi connectivity index (χ0n) is 12.7. The van der Waals surface area contributed by atoms with Crippen LogP contribution in [-0.2, 0) is 6.42 Å². The third-order valence-corrected chi connectivity index (χ3v) is 3.99. The highest BCUT2D eigenvalue weighted by Gasteiger charge is 2.18. The Hall–Kier alpha value is -1.74. The predicted octanol–water partition coefficient (Wildman–Crippen LogP) is 4.47. The average Bonchev–Trinajstić information content (AvgIpc) is 2.49. The molecule has 1 nitrogen and oxygen atoms in total. The largest absolute Gasteiger partial charge is 0.313 e. The fraction of sp³-hybridized carbons (Fsp3) is 0.333. The Morgan fingerprint density at radius 3 is 2.33 bits per heavy atom. The van der Waals surface area contributed by atoms with Crippen molar-refractivity contribution in [3.05, 3.63) is 70.3 Å². The summed E-state index contributed by atoms with van der Waals surface area (Å²) in [7, 11) is 1.78. The first-order valence-corrected chi connectivity index (χ1v) is 7.21. The third kappa shape index (κ3) is 3.48. The summed E-state index contributed by atoms with van der Waals surface area (Å²) in [5.74, 6) is -1.48. The fourth-order valence-corrected chi connectivity index (χ4v) is 2.58. The van der Waals surface area contributed by atoms with Crippen LogP contribution < -0.4 is 5.32 Å². The molecule has 112 valence electrons. The van der Waals surface area contributed by atoms with E-state index >= 15 is 0 Å². The smallest absolute Gasteiger partial charge is 0.163 e. The number of rotatable bonds is 5. The molecule has 0 radical (unpaired) electrons. The van der Waals surface area contributed by atoms with Crippen LogP contribution in [0, 0.1) is 25.5 Å². The third-order valence-electron chi connectivity index (χ3n) is 3.99.